The third-order valence-corrected chi connectivity index (χ3v) is 3.92. The monoisotopic (exact) mass is 369 g/mol. The minimum absolute atomic E-state index is 0. The van der Waals surface area contributed by atoms with Gasteiger partial charge in [-0.2, -0.15) is 13.5 Å². The summed E-state index contributed by atoms with van der Waals surface area (Å²) in [6.45, 7) is 10.1. The lowest BCUT2D eigenvalue weighted by Crippen LogP contribution is -2.54. The Morgan fingerprint density at radius 2 is 2.04 bits per heavy atom. The lowest BCUT2D eigenvalue weighted by atomic mass is 10.1. The van der Waals surface area contributed by atoms with E-state index in [9.17, 15) is 14.9 Å². The number of nitrogens with zero attached hydrogens (tertiary/aromatic N) is 3. The normalized spacial score (nSPS) is 18.4. The first-order valence-electron chi connectivity index (χ1n) is 8.11. The van der Waals surface area contributed by atoms with Crippen LogP contribution in [0.5, 0.6) is 0 Å². The molecule has 1 heterocycles. The van der Waals surface area contributed by atoms with Crippen LogP contribution in [0.2, 0.25) is 0 Å². The molecule has 0 spiro atoms. The SMILES string of the molecule is CC1CN(C(=O)OC(C)(C)C)CCN1Cc1cccc([N+](=O)[O-])c1.S. The van der Waals surface area contributed by atoms with E-state index in [1.54, 1.807) is 17.0 Å². The predicted octanol–water partition coefficient (Wildman–Crippen LogP) is 3.15. The van der Waals surface area contributed by atoms with Crippen molar-refractivity contribution in [2.75, 3.05) is 19.6 Å². The van der Waals surface area contributed by atoms with E-state index in [0.717, 1.165) is 5.56 Å². The minimum Gasteiger partial charge on any atom is -0.444 e. The molecule has 1 amide bonds. The van der Waals surface area contributed by atoms with Crippen LogP contribution in [-0.4, -0.2) is 52.1 Å². The van der Waals surface area contributed by atoms with Crippen LogP contribution in [0.4, 0.5) is 10.5 Å². The van der Waals surface area contributed by atoms with Crippen molar-refractivity contribution in [2.45, 2.75) is 45.9 Å². The van der Waals surface area contributed by atoms with E-state index in [0.29, 0.717) is 26.2 Å². The molecule has 2 rings (SSSR count). The van der Waals surface area contributed by atoms with E-state index < -0.39 is 5.60 Å². The molecular weight excluding hydrogens is 342 g/mol. The summed E-state index contributed by atoms with van der Waals surface area (Å²) in [5.74, 6) is 0. The molecule has 1 unspecified atom stereocenters. The Balaban J connectivity index is 0.00000312. The molecule has 1 atom stereocenters. The summed E-state index contributed by atoms with van der Waals surface area (Å²) in [5.41, 5.74) is 0.509. The van der Waals surface area contributed by atoms with Gasteiger partial charge in [-0.25, -0.2) is 4.79 Å². The van der Waals surface area contributed by atoms with Crippen LogP contribution in [-0.2, 0) is 11.3 Å². The average molecular weight is 369 g/mol. The van der Waals surface area contributed by atoms with Crippen LogP contribution in [0.1, 0.15) is 33.3 Å². The quantitative estimate of drug-likeness (QED) is 0.604. The number of hydrogen-bond acceptors (Lipinski definition) is 5. The molecule has 7 nitrogen and oxygen atoms in total. The molecule has 1 aromatic rings. The number of nitro benzene ring substituents is 1. The van der Waals surface area contributed by atoms with Gasteiger partial charge in [-0.15, -0.1) is 0 Å². The van der Waals surface area contributed by atoms with E-state index in [2.05, 4.69) is 4.90 Å². The maximum atomic E-state index is 12.2. The van der Waals surface area contributed by atoms with Crippen LogP contribution < -0.4 is 0 Å². The van der Waals surface area contributed by atoms with E-state index in [4.69, 9.17) is 4.74 Å². The van der Waals surface area contributed by atoms with Crippen LogP contribution in [0, 0.1) is 10.1 Å². The smallest absolute Gasteiger partial charge is 0.410 e. The van der Waals surface area contributed by atoms with Crippen molar-refractivity contribution >= 4 is 25.3 Å². The van der Waals surface area contributed by atoms with Gasteiger partial charge in [0, 0.05) is 44.4 Å². The second kappa shape index (κ2) is 8.53. The van der Waals surface area contributed by atoms with Gasteiger partial charge in [0.1, 0.15) is 5.60 Å². The van der Waals surface area contributed by atoms with Gasteiger partial charge in [0.15, 0.2) is 0 Å². The number of carbonyl (C=O) groups excluding carboxylic acids is 1. The molecule has 1 aromatic carbocycles. The molecule has 25 heavy (non-hydrogen) atoms. The molecule has 8 heteroatoms. The molecule has 1 fully saturated rings. The first-order chi connectivity index (χ1) is 11.2. The third-order valence-electron chi connectivity index (χ3n) is 3.92. The number of hydrogen-bond donors (Lipinski definition) is 0. The first kappa shape index (κ1) is 21.2. The molecule has 0 saturated carbocycles. The number of ether oxygens (including phenoxy) is 1. The molecule has 0 radical (unpaired) electrons. The highest BCUT2D eigenvalue weighted by Gasteiger charge is 2.29. The van der Waals surface area contributed by atoms with Crippen molar-refractivity contribution in [1.82, 2.24) is 9.80 Å². The Morgan fingerprint density at radius 3 is 2.60 bits per heavy atom. The van der Waals surface area contributed by atoms with Crippen LogP contribution in [0.15, 0.2) is 24.3 Å². The van der Waals surface area contributed by atoms with Gasteiger partial charge in [-0.3, -0.25) is 15.0 Å². The number of carbonyl (C=O) groups is 1. The Kier molecular flexibility index (Phi) is 7.25. The van der Waals surface area contributed by atoms with E-state index in [1.165, 1.54) is 6.07 Å². The zero-order valence-corrected chi connectivity index (χ0v) is 16.2. The highest BCUT2D eigenvalue weighted by molar-refractivity contribution is 7.59. The van der Waals surface area contributed by atoms with Gasteiger partial charge >= 0.3 is 6.09 Å². The van der Waals surface area contributed by atoms with Crippen molar-refractivity contribution < 1.29 is 14.5 Å². The Morgan fingerprint density at radius 1 is 1.36 bits per heavy atom. The van der Waals surface area contributed by atoms with Gasteiger partial charge in [0.25, 0.3) is 5.69 Å². The lowest BCUT2D eigenvalue weighted by Gasteiger charge is -2.40. The maximum absolute atomic E-state index is 12.2. The van der Waals surface area contributed by atoms with Crippen LogP contribution >= 0.6 is 13.5 Å². The minimum atomic E-state index is -0.500. The van der Waals surface area contributed by atoms with E-state index in [1.807, 2.05) is 33.8 Å². The third kappa shape index (κ3) is 6.21. The fraction of sp³-hybridized carbons (Fsp3) is 0.588. The lowest BCUT2D eigenvalue weighted by molar-refractivity contribution is -0.384. The molecule has 1 aliphatic rings. The summed E-state index contributed by atoms with van der Waals surface area (Å²) in [5, 5.41) is 10.9. The van der Waals surface area contributed by atoms with Crippen LogP contribution in [0.25, 0.3) is 0 Å². The van der Waals surface area contributed by atoms with Crippen molar-refractivity contribution in [3.63, 3.8) is 0 Å². The Bertz CT molecular complexity index is 618. The van der Waals surface area contributed by atoms with Gasteiger partial charge in [0.05, 0.1) is 4.92 Å². The summed E-state index contributed by atoms with van der Waals surface area (Å²) in [4.78, 5) is 26.6. The predicted molar refractivity (Wildman–Crippen MR) is 101 cm³/mol. The Hall–Kier alpha value is -1.80. The molecule has 0 N–H and O–H groups in total. The van der Waals surface area contributed by atoms with Crippen molar-refractivity contribution in [2.24, 2.45) is 0 Å². The summed E-state index contributed by atoms with van der Waals surface area (Å²) in [6.07, 6.45) is -0.288. The number of rotatable bonds is 3. The summed E-state index contributed by atoms with van der Waals surface area (Å²) in [6, 6.07) is 6.85. The molecule has 0 aliphatic carbocycles. The average Bonchev–Trinajstić information content (AvgIpc) is 2.48. The van der Waals surface area contributed by atoms with Crippen molar-refractivity contribution in [3.8, 4) is 0 Å². The van der Waals surface area contributed by atoms with Crippen molar-refractivity contribution in [1.29, 1.82) is 0 Å². The van der Waals surface area contributed by atoms with Gasteiger partial charge in [0.2, 0.25) is 0 Å². The van der Waals surface area contributed by atoms with Crippen LogP contribution in [0.3, 0.4) is 0 Å². The highest BCUT2D eigenvalue weighted by atomic mass is 32.1. The van der Waals surface area contributed by atoms with Gasteiger partial charge in [-0.1, -0.05) is 12.1 Å². The van der Waals surface area contributed by atoms with E-state index >= 15 is 0 Å². The largest absolute Gasteiger partial charge is 0.444 e. The second-order valence-corrected chi connectivity index (χ2v) is 7.17. The molecule has 0 bridgehead atoms. The number of nitro groups is 1. The molecule has 140 valence electrons. The van der Waals surface area contributed by atoms with E-state index in [-0.39, 0.29) is 36.2 Å². The number of non-ortho nitro benzene ring substituents is 1. The second-order valence-electron chi connectivity index (χ2n) is 7.17. The summed E-state index contributed by atoms with van der Waals surface area (Å²) < 4.78 is 5.41. The van der Waals surface area contributed by atoms with Gasteiger partial charge < -0.3 is 9.64 Å². The standard InChI is InChI=1S/C17H25N3O4.H2S/c1-13-11-19(16(21)24-17(2,3)4)9-8-18(13)12-14-6-5-7-15(10-14)20(22)23;/h5-7,10,13H,8-9,11-12H2,1-4H3;1H2. The zero-order chi connectivity index (χ0) is 17.9. The topological polar surface area (TPSA) is 75.9 Å². The van der Waals surface area contributed by atoms with Gasteiger partial charge in [-0.05, 0) is 33.3 Å². The summed E-state index contributed by atoms with van der Waals surface area (Å²) >= 11 is 0. The molecule has 1 aliphatic heterocycles. The summed E-state index contributed by atoms with van der Waals surface area (Å²) in [7, 11) is 0. The molecule has 0 aromatic heterocycles. The first-order valence-corrected chi connectivity index (χ1v) is 8.11. The fourth-order valence-electron chi connectivity index (χ4n) is 2.73. The number of amides is 1. The Labute approximate surface area is 155 Å². The molecule has 1 saturated heterocycles. The fourth-order valence-corrected chi connectivity index (χ4v) is 2.73. The maximum Gasteiger partial charge on any atom is 0.410 e. The zero-order valence-electron chi connectivity index (χ0n) is 15.2. The molecular formula is C17H27N3O4S. The number of benzene rings is 1. The highest BCUT2D eigenvalue weighted by Crippen LogP contribution is 2.19. The van der Waals surface area contributed by atoms with Crippen molar-refractivity contribution in [3.05, 3.63) is 39.9 Å². The number of piperazine rings is 1.